The van der Waals surface area contributed by atoms with E-state index >= 15 is 0 Å². The molecule has 0 radical (unpaired) electrons. The first-order chi connectivity index (χ1) is 8.69. The Morgan fingerprint density at radius 1 is 1.44 bits per heavy atom. The van der Waals surface area contributed by atoms with Crippen molar-refractivity contribution in [2.45, 2.75) is 19.8 Å². The van der Waals surface area contributed by atoms with Crippen molar-refractivity contribution in [1.82, 2.24) is 4.90 Å². The van der Waals surface area contributed by atoms with Crippen molar-refractivity contribution in [2.75, 3.05) is 18.4 Å². The number of amides is 2. The van der Waals surface area contributed by atoms with Crippen molar-refractivity contribution < 1.29 is 4.79 Å². The van der Waals surface area contributed by atoms with E-state index in [2.05, 4.69) is 18.3 Å². The third-order valence-electron chi connectivity index (χ3n) is 3.21. The molecule has 4 heteroatoms. The van der Waals surface area contributed by atoms with Crippen LogP contribution in [0.2, 0.25) is 0 Å². The number of carbonyl (C=O) groups is 1. The Kier molecular flexibility index (Phi) is 3.83. The smallest absolute Gasteiger partial charge is 0.321 e. The molecule has 18 heavy (non-hydrogen) atoms. The van der Waals surface area contributed by atoms with Gasteiger partial charge in [0.05, 0.1) is 11.6 Å². The number of carbonyl (C=O) groups excluding carboxylic acids is 1. The quantitative estimate of drug-likeness (QED) is 0.824. The monoisotopic (exact) mass is 243 g/mol. The number of piperidine rings is 1. The van der Waals surface area contributed by atoms with Gasteiger partial charge in [-0.1, -0.05) is 6.92 Å². The van der Waals surface area contributed by atoms with Crippen molar-refractivity contribution in [3.8, 4) is 6.07 Å². The van der Waals surface area contributed by atoms with E-state index in [0.29, 0.717) is 11.5 Å². The molecule has 1 fully saturated rings. The molecule has 1 heterocycles. The Morgan fingerprint density at radius 2 is 2.17 bits per heavy atom. The number of likely N-dealkylation sites (tertiary alicyclic amines) is 1. The van der Waals surface area contributed by atoms with Crippen LogP contribution in [-0.4, -0.2) is 24.0 Å². The highest BCUT2D eigenvalue weighted by Gasteiger charge is 2.20. The molecule has 0 spiro atoms. The zero-order valence-corrected chi connectivity index (χ0v) is 10.5. The summed E-state index contributed by atoms with van der Waals surface area (Å²) in [5, 5.41) is 11.6. The van der Waals surface area contributed by atoms with Crippen molar-refractivity contribution in [3.63, 3.8) is 0 Å². The van der Waals surface area contributed by atoms with E-state index in [1.165, 1.54) is 6.42 Å². The molecule has 1 aromatic rings. The van der Waals surface area contributed by atoms with E-state index in [1.54, 1.807) is 24.3 Å². The summed E-state index contributed by atoms with van der Waals surface area (Å²) in [4.78, 5) is 13.9. The topological polar surface area (TPSA) is 56.1 Å². The Bertz CT molecular complexity index is 461. The molecule has 0 saturated carbocycles. The summed E-state index contributed by atoms with van der Waals surface area (Å²) in [5.74, 6) is 0.575. The number of hydrogen-bond donors (Lipinski definition) is 1. The minimum absolute atomic E-state index is 0.0498. The fourth-order valence-electron chi connectivity index (χ4n) is 2.20. The molecule has 1 saturated heterocycles. The fourth-order valence-corrected chi connectivity index (χ4v) is 2.20. The third kappa shape index (κ3) is 3.01. The lowest BCUT2D eigenvalue weighted by atomic mass is 10.0. The van der Waals surface area contributed by atoms with Gasteiger partial charge in [0, 0.05) is 18.8 Å². The molecule has 0 unspecified atom stereocenters. The minimum Gasteiger partial charge on any atom is -0.324 e. The average Bonchev–Trinajstić information content (AvgIpc) is 2.39. The van der Waals surface area contributed by atoms with Gasteiger partial charge in [0.2, 0.25) is 0 Å². The molecule has 4 nitrogen and oxygen atoms in total. The number of urea groups is 1. The van der Waals surface area contributed by atoms with E-state index in [9.17, 15) is 4.79 Å². The van der Waals surface area contributed by atoms with Crippen molar-refractivity contribution >= 4 is 11.7 Å². The van der Waals surface area contributed by atoms with Crippen LogP contribution in [0, 0.1) is 17.2 Å². The Morgan fingerprint density at radius 3 is 2.78 bits per heavy atom. The highest BCUT2D eigenvalue weighted by Crippen LogP contribution is 2.17. The second-order valence-corrected chi connectivity index (χ2v) is 4.81. The van der Waals surface area contributed by atoms with Gasteiger partial charge in [0.25, 0.3) is 0 Å². The van der Waals surface area contributed by atoms with Gasteiger partial charge in [-0.2, -0.15) is 5.26 Å². The highest BCUT2D eigenvalue weighted by molar-refractivity contribution is 5.89. The van der Waals surface area contributed by atoms with Gasteiger partial charge in [0.1, 0.15) is 0 Å². The summed E-state index contributed by atoms with van der Waals surface area (Å²) in [6.07, 6.45) is 2.27. The largest absolute Gasteiger partial charge is 0.324 e. The van der Waals surface area contributed by atoms with E-state index in [1.807, 2.05) is 4.90 Å². The van der Waals surface area contributed by atoms with Gasteiger partial charge in [-0.15, -0.1) is 0 Å². The summed E-state index contributed by atoms with van der Waals surface area (Å²) in [6, 6.07) is 8.92. The normalized spacial score (nSPS) is 19.1. The molecule has 2 amide bonds. The molecule has 94 valence electrons. The van der Waals surface area contributed by atoms with Gasteiger partial charge in [-0.05, 0) is 43.0 Å². The van der Waals surface area contributed by atoms with E-state index in [-0.39, 0.29) is 6.03 Å². The molecular formula is C14H17N3O. The molecule has 0 aliphatic carbocycles. The molecule has 1 atom stereocenters. The zero-order chi connectivity index (χ0) is 13.0. The first-order valence-corrected chi connectivity index (χ1v) is 6.25. The van der Waals surface area contributed by atoms with Crippen molar-refractivity contribution in [3.05, 3.63) is 29.8 Å². The summed E-state index contributed by atoms with van der Waals surface area (Å²) in [7, 11) is 0. The van der Waals surface area contributed by atoms with Crippen LogP contribution >= 0.6 is 0 Å². The first-order valence-electron chi connectivity index (χ1n) is 6.25. The number of rotatable bonds is 1. The standard InChI is InChI=1S/C14H17N3O/c1-11-3-2-8-17(10-11)14(18)16-13-6-4-12(9-15)5-7-13/h4-7,11H,2-3,8,10H2,1H3,(H,16,18)/t11-/m1/s1. The molecule has 0 bridgehead atoms. The van der Waals surface area contributed by atoms with Gasteiger partial charge in [-0.3, -0.25) is 0 Å². The van der Waals surface area contributed by atoms with Gasteiger partial charge in [0.15, 0.2) is 0 Å². The van der Waals surface area contributed by atoms with Crippen molar-refractivity contribution in [1.29, 1.82) is 5.26 Å². The lowest BCUT2D eigenvalue weighted by Gasteiger charge is -2.30. The van der Waals surface area contributed by atoms with Crippen LogP contribution in [0.15, 0.2) is 24.3 Å². The number of nitrogens with one attached hydrogen (secondary N) is 1. The Hall–Kier alpha value is -2.02. The van der Waals surface area contributed by atoms with Crippen molar-refractivity contribution in [2.24, 2.45) is 5.92 Å². The molecule has 0 aromatic heterocycles. The van der Waals surface area contributed by atoms with Crippen LogP contribution in [0.1, 0.15) is 25.3 Å². The molecule has 1 aliphatic heterocycles. The lowest BCUT2D eigenvalue weighted by molar-refractivity contribution is 0.182. The van der Waals surface area contributed by atoms with E-state index < -0.39 is 0 Å². The van der Waals surface area contributed by atoms with Gasteiger partial charge < -0.3 is 10.2 Å². The predicted molar refractivity (Wildman–Crippen MR) is 70.1 cm³/mol. The molecular weight excluding hydrogens is 226 g/mol. The second-order valence-electron chi connectivity index (χ2n) is 4.81. The van der Waals surface area contributed by atoms with Gasteiger partial charge >= 0.3 is 6.03 Å². The van der Waals surface area contributed by atoms with Crippen LogP contribution in [-0.2, 0) is 0 Å². The molecule has 2 rings (SSSR count). The number of nitriles is 1. The van der Waals surface area contributed by atoms with Crippen LogP contribution in [0.4, 0.5) is 10.5 Å². The summed E-state index contributed by atoms with van der Waals surface area (Å²) in [6.45, 7) is 3.82. The highest BCUT2D eigenvalue weighted by atomic mass is 16.2. The molecule has 1 aromatic carbocycles. The lowest BCUT2D eigenvalue weighted by Crippen LogP contribution is -2.41. The Labute approximate surface area is 107 Å². The predicted octanol–water partition coefficient (Wildman–Crippen LogP) is 2.82. The maximum atomic E-state index is 12.0. The Balaban J connectivity index is 1.96. The number of hydrogen-bond acceptors (Lipinski definition) is 2. The maximum absolute atomic E-state index is 12.0. The summed E-state index contributed by atoms with van der Waals surface area (Å²) in [5.41, 5.74) is 1.33. The zero-order valence-electron chi connectivity index (χ0n) is 10.5. The summed E-state index contributed by atoms with van der Waals surface area (Å²) < 4.78 is 0. The molecule has 1 N–H and O–H groups in total. The maximum Gasteiger partial charge on any atom is 0.321 e. The summed E-state index contributed by atoms with van der Waals surface area (Å²) >= 11 is 0. The SMILES string of the molecule is C[C@@H]1CCCN(C(=O)Nc2ccc(C#N)cc2)C1. The first kappa shape index (κ1) is 12.4. The van der Waals surface area contributed by atoms with Crippen LogP contribution < -0.4 is 5.32 Å². The number of benzene rings is 1. The second kappa shape index (κ2) is 5.54. The van der Waals surface area contributed by atoms with E-state index in [4.69, 9.17) is 5.26 Å². The van der Waals surface area contributed by atoms with Crippen LogP contribution in [0.25, 0.3) is 0 Å². The van der Waals surface area contributed by atoms with Crippen LogP contribution in [0.3, 0.4) is 0 Å². The number of nitrogens with zero attached hydrogens (tertiary/aromatic N) is 2. The third-order valence-corrected chi connectivity index (χ3v) is 3.21. The molecule has 1 aliphatic rings. The number of anilines is 1. The van der Waals surface area contributed by atoms with Crippen LogP contribution in [0.5, 0.6) is 0 Å². The fraction of sp³-hybridized carbons (Fsp3) is 0.429. The minimum atomic E-state index is -0.0498. The average molecular weight is 243 g/mol. The van der Waals surface area contributed by atoms with E-state index in [0.717, 1.165) is 25.2 Å². The van der Waals surface area contributed by atoms with Gasteiger partial charge in [-0.25, -0.2) is 4.79 Å².